The molecular weight excluding hydrogens is 375 g/mol. The average molecular weight is 394 g/mol. The van der Waals surface area contributed by atoms with E-state index in [2.05, 4.69) is 15.5 Å². The molecule has 0 atom stereocenters. The highest BCUT2D eigenvalue weighted by Crippen LogP contribution is 2.27. The highest BCUT2D eigenvalue weighted by Gasteiger charge is 2.18. The quantitative estimate of drug-likeness (QED) is 0.537. The Bertz CT molecular complexity index is 1130. The molecule has 0 spiro atoms. The van der Waals surface area contributed by atoms with Gasteiger partial charge in [-0.1, -0.05) is 5.16 Å². The molecule has 1 amide bonds. The van der Waals surface area contributed by atoms with E-state index >= 15 is 0 Å². The molecule has 0 aliphatic carbocycles. The molecule has 148 valence electrons. The molecule has 0 radical (unpaired) electrons. The van der Waals surface area contributed by atoms with E-state index < -0.39 is 0 Å². The topological polar surface area (TPSA) is 86.1 Å². The van der Waals surface area contributed by atoms with Gasteiger partial charge < -0.3 is 18.8 Å². The van der Waals surface area contributed by atoms with E-state index in [9.17, 15) is 9.18 Å². The number of benzene rings is 1. The van der Waals surface area contributed by atoms with Crippen molar-refractivity contribution in [2.75, 3.05) is 0 Å². The van der Waals surface area contributed by atoms with Crippen molar-refractivity contribution < 1.29 is 18.1 Å². The lowest BCUT2D eigenvalue weighted by atomic mass is 10.2. The average Bonchev–Trinajstić information content (AvgIpc) is 3.44. The zero-order chi connectivity index (χ0) is 20.4. The highest BCUT2D eigenvalue weighted by atomic mass is 19.1. The lowest BCUT2D eigenvalue weighted by molar-refractivity contribution is -0.121. The predicted molar refractivity (Wildman–Crippen MR) is 103 cm³/mol. The second-order valence-corrected chi connectivity index (χ2v) is 6.66. The summed E-state index contributed by atoms with van der Waals surface area (Å²) in [5, 5.41) is 6.82. The van der Waals surface area contributed by atoms with E-state index in [1.54, 1.807) is 30.5 Å². The van der Waals surface area contributed by atoms with E-state index in [-0.39, 0.29) is 18.3 Å². The molecule has 0 fully saturated rings. The van der Waals surface area contributed by atoms with Gasteiger partial charge >= 0.3 is 0 Å². The van der Waals surface area contributed by atoms with Gasteiger partial charge in [0.2, 0.25) is 11.7 Å². The molecule has 3 heterocycles. The van der Waals surface area contributed by atoms with Crippen LogP contribution < -0.4 is 5.32 Å². The normalized spacial score (nSPS) is 11.0. The Morgan fingerprint density at radius 3 is 2.72 bits per heavy atom. The summed E-state index contributed by atoms with van der Waals surface area (Å²) in [4.78, 5) is 16.7. The van der Waals surface area contributed by atoms with E-state index in [1.807, 2.05) is 24.5 Å². The van der Waals surface area contributed by atoms with E-state index in [1.165, 1.54) is 12.1 Å². The van der Waals surface area contributed by atoms with Crippen molar-refractivity contribution in [3.8, 4) is 22.8 Å². The third-order valence-electron chi connectivity index (χ3n) is 4.67. The monoisotopic (exact) mass is 394 g/mol. The number of aryl methyl sites for hydroxylation is 1. The molecule has 0 aliphatic rings. The third kappa shape index (κ3) is 3.96. The lowest BCUT2D eigenvalue weighted by Crippen LogP contribution is -2.27. The van der Waals surface area contributed by atoms with Gasteiger partial charge in [-0.15, -0.1) is 0 Å². The zero-order valence-electron chi connectivity index (χ0n) is 16.0. The predicted octanol–water partition coefficient (Wildman–Crippen LogP) is 3.87. The molecule has 3 aromatic heterocycles. The van der Waals surface area contributed by atoms with Crippen molar-refractivity contribution in [2.45, 2.75) is 26.9 Å². The number of aromatic nitrogens is 3. The molecule has 0 saturated carbocycles. The van der Waals surface area contributed by atoms with Gasteiger partial charge in [-0.3, -0.25) is 4.79 Å². The minimum atomic E-state index is -0.327. The van der Waals surface area contributed by atoms with Gasteiger partial charge in [-0.2, -0.15) is 4.98 Å². The summed E-state index contributed by atoms with van der Waals surface area (Å²) in [7, 11) is 0. The van der Waals surface area contributed by atoms with Crippen molar-refractivity contribution >= 4 is 5.91 Å². The molecular formula is C21H19FN4O3. The van der Waals surface area contributed by atoms with Crippen molar-refractivity contribution in [1.82, 2.24) is 20.0 Å². The number of furan rings is 1. The van der Waals surface area contributed by atoms with Crippen molar-refractivity contribution in [3.05, 3.63) is 71.7 Å². The number of nitrogens with zero attached hydrogens (tertiary/aromatic N) is 3. The first-order valence-corrected chi connectivity index (χ1v) is 9.07. The van der Waals surface area contributed by atoms with Gasteiger partial charge in [0.1, 0.15) is 18.1 Å². The first kappa shape index (κ1) is 18.7. The first-order chi connectivity index (χ1) is 14.0. The van der Waals surface area contributed by atoms with Gasteiger partial charge in [-0.05, 0) is 56.3 Å². The van der Waals surface area contributed by atoms with Gasteiger partial charge in [-0.25, -0.2) is 4.39 Å². The van der Waals surface area contributed by atoms with Gasteiger partial charge in [0.15, 0.2) is 0 Å². The van der Waals surface area contributed by atoms with Crippen LogP contribution in [0.25, 0.3) is 22.8 Å². The summed E-state index contributed by atoms with van der Waals surface area (Å²) in [5.74, 6) is 0.957. The summed E-state index contributed by atoms with van der Waals surface area (Å²) in [6.07, 6.45) is 1.57. The molecule has 8 heteroatoms. The molecule has 4 rings (SSSR count). The van der Waals surface area contributed by atoms with Crippen LogP contribution in [-0.4, -0.2) is 20.6 Å². The number of hydrogen-bond acceptors (Lipinski definition) is 5. The second-order valence-electron chi connectivity index (χ2n) is 6.66. The minimum Gasteiger partial charge on any atom is -0.467 e. The second kappa shape index (κ2) is 7.75. The van der Waals surface area contributed by atoms with Gasteiger partial charge in [0, 0.05) is 17.0 Å². The summed E-state index contributed by atoms with van der Waals surface area (Å²) in [6, 6.07) is 11.4. The fraction of sp³-hybridized carbons (Fsp3) is 0.190. The molecule has 7 nitrogen and oxygen atoms in total. The molecule has 0 aliphatic heterocycles. The molecule has 0 unspecified atom stereocenters. The van der Waals surface area contributed by atoms with E-state index in [0.717, 1.165) is 17.0 Å². The summed E-state index contributed by atoms with van der Waals surface area (Å²) >= 11 is 0. The summed E-state index contributed by atoms with van der Waals surface area (Å²) in [6.45, 7) is 4.30. The van der Waals surface area contributed by atoms with Gasteiger partial charge in [0.25, 0.3) is 5.89 Å². The molecule has 0 saturated heterocycles. The minimum absolute atomic E-state index is 0.132. The van der Waals surface area contributed by atoms with Crippen LogP contribution in [0.2, 0.25) is 0 Å². The van der Waals surface area contributed by atoms with Crippen LogP contribution in [0.1, 0.15) is 17.1 Å². The van der Waals surface area contributed by atoms with E-state index in [4.69, 9.17) is 8.94 Å². The third-order valence-corrected chi connectivity index (χ3v) is 4.67. The van der Waals surface area contributed by atoms with Gasteiger partial charge in [0.05, 0.1) is 18.4 Å². The first-order valence-electron chi connectivity index (χ1n) is 9.07. The molecule has 1 aromatic carbocycles. The number of nitrogens with one attached hydrogen (secondary N) is 1. The van der Waals surface area contributed by atoms with Crippen molar-refractivity contribution in [2.24, 2.45) is 0 Å². The number of rotatable bonds is 6. The molecule has 4 aromatic rings. The Labute approximate surface area is 166 Å². The number of carbonyl (C=O) groups excluding carboxylic acids is 1. The number of halogens is 1. The maximum atomic E-state index is 13.1. The van der Waals surface area contributed by atoms with Crippen LogP contribution in [0, 0.1) is 19.7 Å². The Hall–Kier alpha value is -3.68. The number of amides is 1. The molecule has 0 bridgehead atoms. The van der Waals surface area contributed by atoms with Crippen LogP contribution in [0.3, 0.4) is 0 Å². The molecule has 1 N–H and O–H groups in total. The SMILES string of the molecule is Cc1cc(-c2nc(-c3ccc(F)cc3)no2)c(C)n1CC(=O)NCc1ccco1. The Kier molecular flexibility index (Phi) is 4.99. The molecule has 29 heavy (non-hydrogen) atoms. The van der Waals surface area contributed by atoms with Crippen LogP contribution in [0.4, 0.5) is 4.39 Å². The largest absolute Gasteiger partial charge is 0.467 e. The maximum absolute atomic E-state index is 13.1. The smallest absolute Gasteiger partial charge is 0.260 e. The Morgan fingerprint density at radius 1 is 1.21 bits per heavy atom. The van der Waals surface area contributed by atoms with Crippen molar-refractivity contribution in [3.63, 3.8) is 0 Å². The van der Waals surface area contributed by atoms with Crippen molar-refractivity contribution in [1.29, 1.82) is 0 Å². The van der Waals surface area contributed by atoms with Crippen LogP contribution in [0.5, 0.6) is 0 Å². The number of hydrogen-bond donors (Lipinski definition) is 1. The summed E-state index contributed by atoms with van der Waals surface area (Å²) in [5.41, 5.74) is 3.15. The number of carbonyl (C=O) groups is 1. The van der Waals surface area contributed by atoms with Crippen LogP contribution in [-0.2, 0) is 17.9 Å². The fourth-order valence-corrected chi connectivity index (χ4v) is 3.11. The summed E-state index contributed by atoms with van der Waals surface area (Å²) < 4.78 is 25.6. The van der Waals surface area contributed by atoms with E-state index in [0.29, 0.717) is 29.6 Å². The Balaban J connectivity index is 1.51. The van der Waals surface area contributed by atoms with Crippen LogP contribution >= 0.6 is 0 Å². The zero-order valence-corrected chi connectivity index (χ0v) is 16.0. The van der Waals surface area contributed by atoms with Crippen LogP contribution in [0.15, 0.2) is 57.7 Å². The Morgan fingerprint density at radius 2 is 2.00 bits per heavy atom. The lowest BCUT2D eigenvalue weighted by Gasteiger charge is -2.09. The fourth-order valence-electron chi connectivity index (χ4n) is 3.11. The standard InChI is InChI=1S/C21H19FN4O3/c1-13-10-18(21-24-20(25-29-21)15-5-7-16(22)8-6-15)14(2)26(13)12-19(27)23-11-17-4-3-9-28-17/h3-10H,11-12H2,1-2H3,(H,23,27). The highest BCUT2D eigenvalue weighted by molar-refractivity contribution is 5.76. The maximum Gasteiger partial charge on any atom is 0.260 e.